The maximum absolute atomic E-state index is 9.41. The number of benzene rings is 1. The predicted molar refractivity (Wildman–Crippen MR) is 64.8 cm³/mol. The Morgan fingerprint density at radius 3 is 2.88 bits per heavy atom. The lowest BCUT2D eigenvalue weighted by Crippen LogP contribution is -2.34. The summed E-state index contributed by atoms with van der Waals surface area (Å²) in [6.45, 7) is 5.94. The van der Waals surface area contributed by atoms with Crippen molar-refractivity contribution in [2.75, 3.05) is 18.1 Å². The molecule has 1 saturated heterocycles. The van der Waals surface area contributed by atoms with Crippen molar-refractivity contribution < 1.29 is 9.84 Å². The van der Waals surface area contributed by atoms with Crippen LogP contribution in [0.3, 0.4) is 0 Å². The van der Waals surface area contributed by atoms with E-state index < -0.39 is 0 Å². The first-order chi connectivity index (χ1) is 7.72. The highest BCUT2D eigenvalue weighted by Gasteiger charge is 2.23. The molecule has 0 saturated carbocycles. The molecule has 1 atom stereocenters. The Hall–Kier alpha value is -1.22. The van der Waals surface area contributed by atoms with E-state index in [1.165, 1.54) is 0 Å². The Morgan fingerprint density at radius 2 is 2.31 bits per heavy atom. The van der Waals surface area contributed by atoms with Crippen molar-refractivity contribution in [2.24, 2.45) is 0 Å². The van der Waals surface area contributed by atoms with Gasteiger partial charge in [-0.2, -0.15) is 0 Å². The number of phenols is 1. The highest BCUT2D eigenvalue weighted by Crippen LogP contribution is 2.28. The lowest BCUT2D eigenvalue weighted by molar-refractivity contribution is 0.108. The largest absolute Gasteiger partial charge is 0.508 e. The van der Waals surface area contributed by atoms with Crippen molar-refractivity contribution in [3.8, 4) is 5.75 Å². The van der Waals surface area contributed by atoms with E-state index in [0.29, 0.717) is 5.75 Å². The molecule has 0 aliphatic carbocycles. The maximum Gasteiger partial charge on any atom is 0.130 e. The SMILES string of the molecule is CCN(c1ccc(O)cc1C)C1CCCO1. The van der Waals surface area contributed by atoms with Crippen LogP contribution >= 0.6 is 0 Å². The number of nitrogens with zero attached hydrogens (tertiary/aromatic N) is 1. The van der Waals surface area contributed by atoms with Gasteiger partial charge < -0.3 is 14.7 Å². The van der Waals surface area contributed by atoms with Crippen LogP contribution in [0.2, 0.25) is 0 Å². The fraction of sp³-hybridized carbons (Fsp3) is 0.538. The van der Waals surface area contributed by atoms with Crippen molar-refractivity contribution in [3.63, 3.8) is 0 Å². The van der Waals surface area contributed by atoms with Crippen molar-refractivity contribution in [1.29, 1.82) is 0 Å². The summed E-state index contributed by atoms with van der Waals surface area (Å²) in [6.07, 6.45) is 2.43. The van der Waals surface area contributed by atoms with Crippen LogP contribution in [0.1, 0.15) is 25.3 Å². The van der Waals surface area contributed by atoms with Gasteiger partial charge in [0.2, 0.25) is 0 Å². The van der Waals surface area contributed by atoms with Crippen LogP contribution < -0.4 is 4.90 Å². The van der Waals surface area contributed by atoms with Gasteiger partial charge in [0.05, 0.1) is 0 Å². The third-order valence-electron chi connectivity index (χ3n) is 3.08. The first-order valence-electron chi connectivity index (χ1n) is 5.90. The number of phenolic OH excluding ortho intramolecular Hbond substituents is 1. The predicted octanol–water partition coefficient (Wildman–Crippen LogP) is 2.66. The van der Waals surface area contributed by atoms with Gasteiger partial charge in [-0.3, -0.25) is 0 Å². The molecule has 1 N–H and O–H groups in total. The molecule has 3 nitrogen and oxygen atoms in total. The molecule has 16 heavy (non-hydrogen) atoms. The molecule has 0 aromatic heterocycles. The van der Waals surface area contributed by atoms with Gasteiger partial charge in [-0.15, -0.1) is 0 Å². The molecule has 1 aromatic rings. The molecule has 88 valence electrons. The number of rotatable bonds is 3. The standard InChI is InChI=1S/C13H19NO2/c1-3-14(13-5-4-8-16-13)12-7-6-11(15)9-10(12)2/h6-7,9,13,15H,3-5,8H2,1-2H3. The van der Waals surface area contributed by atoms with Gasteiger partial charge in [0.1, 0.15) is 12.0 Å². The van der Waals surface area contributed by atoms with Crippen LogP contribution in [-0.4, -0.2) is 24.5 Å². The van der Waals surface area contributed by atoms with Crippen LogP contribution in [0, 0.1) is 6.92 Å². The zero-order valence-electron chi connectivity index (χ0n) is 9.94. The molecular formula is C13H19NO2. The topological polar surface area (TPSA) is 32.7 Å². The van der Waals surface area contributed by atoms with Crippen LogP contribution in [0.4, 0.5) is 5.69 Å². The van der Waals surface area contributed by atoms with Crippen molar-refractivity contribution in [2.45, 2.75) is 32.9 Å². The zero-order chi connectivity index (χ0) is 11.5. The minimum Gasteiger partial charge on any atom is -0.508 e. The van der Waals surface area contributed by atoms with Gasteiger partial charge in [0.15, 0.2) is 0 Å². The second-order valence-corrected chi connectivity index (χ2v) is 4.22. The Kier molecular flexibility index (Phi) is 3.34. The van der Waals surface area contributed by atoms with Gasteiger partial charge in [-0.05, 0) is 50.5 Å². The number of aromatic hydroxyl groups is 1. The number of ether oxygens (including phenoxy) is 1. The van der Waals surface area contributed by atoms with Gasteiger partial charge in [-0.1, -0.05) is 0 Å². The molecule has 1 aromatic carbocycles. The molecular weight excluding hydrogens is 202 g/mol. The van der Waals surface area contributed by atoms with E-state index in [4.69, 9.17) is 4.74 Å². The summed E-state index contributed by atoms with van der Waals surface area (Å²) >= 11 is 0. The second kappa shape index (κ2) is 4.74. The Balaban J connectivity index is 2.25. The van der Waals surface area contributed by atoms with E-state index in [2.05, 4.69) is 11.8 Å². The van der Waals surface area contributed by atoms with Crippen LogP contribution in [0.5, 0.6) is 5.75 Å². The van der Waals surface area contributed by atoms with Crippen LogP contribution in [0.25, 0.3) is 0 Å². The summed E-state index contributed by atoms with van der Waals surface area (Å²) in [6, 6.07) is 5.50. The maximum atomic E-state index is 9.41. The van der Waals surface area contributed by atoms with E-state index in [1.54, 1.807) is 12.1 Å². The summed E-state index contributed by atoms with van der Waals surface area (Å²) in [7, 11) is 0. The van der Waals surface area contributed by atoms with Crippen molar-refractivity contribution in [1.82, 2.24) is 0 Å². The zero-order valence-corrected chi connectivity index (χ0v) is 9.94. The molecule has 0 spiro atoms. The molecule has 0 bridgehead atoms. The third kappa shape index (κ3) is 2.14. The monoisotopic (exact) mass is 221 g/mol. The van der Waals surface area contributed by atoms with E-state index in [0.717, 1.165) is 37.2 Å². The molecule has 0 radical (unpaired) electrons. The van der Waals surface area contributed by atoms with Gasteiger partial charge >= 0.3 is 0 Å². The lowest BCUT2D eigenvalue weighted by Gasteiger charge is -2.30. The smallest absolute Gasteiger partial charge is 0.130 e. The lowest BCUT2D eigenvalue weighted by atomic mass is 10.1. The quantitative estimate of drug-likeness (QED) is 0.851. The summed E-state index contributed by atoms with van der Waals surface area (Å²) in [5.41, 5.74) is 2.25. The molecule has 3 heteroatoms. The minimum absolute atomic E-state index is 0.202. The summed E-state index contributed by atoms with van der Waals surface area (Å²) in [4.78, 5) is 2.27. The molecule has 1 fully saturated rings. The Bertz CT molecular complexity index is 359. The number of hydrogen-bond acceptors (Lipinski definition) is 3. The fourth-order valence-electron chi connectivity index (χ4n) is 2.30. The number of anilines is 1. The molecule has 1 heterocycles. The minimum atomic E-state index is 0.202. The first kappa shape index (κ1) is 11.3. The van der Waals surface area contributed by atoms with Gasteiger partial charge in [-0.25, -0.2) is 0 Å². The highest BCUT2D eigenvalue weighted by molar-refractivity contribution is 5.56. The van der Waals surface area contributed by atoms with Crippen molar-refractivity contribution in [3.05, 3.63) is 23.8 Å². The fourth-order valence-corrected chi connectivity index (χ4v) is 2.30. The van der Waals surface area contributed by atoms with E-state index in [-0.39, 0.29) is 6.23 Å². The normalized spacial score (nSPS) is 20.0. The average Bonchev–Trinajstić information content (AvgIpc) is 2.75. The first-order valence-corrected chi connectivity index (χ1v) is 5.90. The molecule has 1 aliphatic heterocycles. The third-order valence-corrected chi connectivity index (χ3v) is 3.08. The molecule has 0 amide bonds. The summed E-state index contributed by atoms with van der Waals surface area (Å²) in [5, 5.41) is 9.41. The number of aryl methyl sites for hydroxylation is 1. The molecule has 1 aliphatic rings. The van der Waals surface area contributed by atoms with Gasteiger partial charge in [0.25, 0.3) is 0 Å². The highest BCUT2D eigenvalue weighted by atomic mass is 16.5. The Morgan fingerprint density at radius 1 is 1.50 bits per heavy atom. The van der Waals surface area contributed by atoms with Crippen molar-refractivity contribution >= 4 is 5.69 Å². The van der Waals surface area contributed by atoms with Crippen LogP contribution in [0.15, 0.2) is 18.2 Å². The Labute approximate surface area is 96.6 Å². The van der Waals surface area contributed by atoms with E-state index in [9.17, 15) is 5.11 Å². The number of hydrogen-bond donors (Lipinski definition) is 1. The second-order valence-electron chi connectivity index (χ2n) is 4.22. The van der Waals surface area contributed by atoms with E-state index >= 15 is 0 Å². The summed E-state index contributed by atoms with van der Waals surface area (Å²) in [5.74, 6) is 0.324. The summed E-state index contributed by atoms with van der Waals surface area (Å²) < 4.78 is 5.71. The van der Waals surface area contributed by atoms with E-state index in [1.807, 2.05) is 13.0 Å². The average molecular weight is 221 g/mol. The molecule has 1 unspecified atom stereocenters. The van der Waals surface area contributed by atoms with Gasteiger partial charge in [0, 0.05) is 18.8 Å². The van der Waals surface area contributed by atoms with Crippen LogP contribution in [-0.2, 0) is 4.74 Å². The molecule has 2 rings (SSSR count).